The molecule has 4 aliphatic carbocycles. The molecule has 3 saturated carbocycles. The SMILES string of the molecule is COc1cc(/C=C2\CC3C4CCC5=CC(=O)CC[C@]5(C)C4CCC3(C)C2=O)ccc1OCCCn1ccnc1. The summed E-state index contributed by atoms with van der Waals surface area (Å²) in [5.74, 6) is 3.53. The molecule has 3 fully saturated rings. The van der Waals surface area contributed by atoms with Gasteiger partial charge in [-0.3, -0.25) is 9.59 Å². The van der Waals surface area contributed by atoms with Crippen molar-refractivity contribution in [3.05, 3.63) is 59.7 Å². The van der Waals surface area contributed by atoms with E-state index >= 15 is 0 Å². The lowest BCUT2D eigenvalue weighted by atomic mass is 9.47. The second kappa shape index (κ2) is 10.1. The average Bonchev–Trinajstić information content (AvgIpc) is 3.54. The number of Topliss-reactive ketones (excluding diaryl/α,β-unsaturated/α-hetero) is 1. The van der Waals surface area contributed by atoms with Crippen molar-refractivity contribution in [3.8, 4) is 11.5 Å². The first kappa shape index (κ1) is 26.1. The molecule has 1 heterocycles. The molecule has 0 radical (unpaired) electrons. The van der Waals surface area contributed by atoms with Crippen molar-refractivity contribution in [2.24, 2.45) is 28.6 Å². The molecule has 0 saturated heterocycles. The molecule has 2 aromatic rings. The number of benzene rings is 1. The van der Waals surface area contributed by atoms with Gasteiger partial charge in [0.25, 0.3) is 0 Å². The first-order valence-corrected chi connectivity index (χ1v) is 14.6. The van der Waals surface area contributed by atoms with Crippen LogP contribution in [0.1, 0.15) is 70.8 Å². The Hall–Kier alpha value is -3.15. The molecular formula is C33H40N2O4. The highest BCUT2D eigenvalue weighted by atomic mass is 16.5. The Kier molecular flexibility index (Phi) is 6.76. The number of carbonyl (C=O) groups is 2. The van der Waals surface area contributed by atoms with E-state index in [0.717, 1.165) is 68.4 Å². The fourth-order valence-electron chi connectivity index (χ4n) is 8.30. The van der Waals surface area contributed by atoms with E-state index in [0.29, 0.717) is 48.1 Å². The van der Waals surface area contributed by atoms with Gasteiger partial charge in [0.05, 0.1) is 20.0 Å². The number of imidazole rings is 1. The lowest BCUT2D eigenvalue weighted by Crippen LogP contribution is -2.50. The van der Waals surface area contributed by atoms with E-state index in [9.17, 15) is 9.59 Å². The van der Waals surface area contributed by atoms with Gasteiger partial charge in [-0.2, -0.15) is 0 Å². The van der Waals surface area contributed by atoms with E-state index in [1.54, 1.807) is 13.3 Å². The van der Waals surface area contributed by atoms with Gasteiger partial charge in [-0.25, -0.2) is 4.98 Å². The monoisotopic (exact) mass is 528 g/mol. The van der Waals surface area contributed by atoms with Gasteiger partial charge < -0.3 is 14.0 Å². The fraction of sp³-hybridized carbons (Fsp3) is 0.545. The standard InChI is InChI=1S/C33H40N2O4/c1-32-11-9-25(36)20-24(32)6-7-26-27(32)10-12-33(2)28(26)19-23(31(33)37)17-22-5-8-29(30(18-22)38-3)39-16-4-14-35-15-13-34-21-35/h5,8,13,15,17-18,20-21,26-28H,4,6-7,9-12,14,16,19H2,1-3H3/b23-17+/t26?,27?,28?,32-,33?/m0/s1. The van der Waals surface area contributed by atoms with Crippen molar-refractivity contribution < 1.29 is 19.1 Å². The molecule has 6 heteroatoms. The molecule has 1 aromatic carbocycles. The zero-order chi connectivity index (χ0) is 27.2. The van der Waals surface area contributed by atoms with E-state index in [1.165, 1.54) is 5.57 Å². The van der Waals surface area contributed by atoms with Gasteiger partial charge >= 0.3 is 0 Å². The van der Waals surface area contributed by atoms with E-state index in [2.05, 4.69) is 24.9 Å². The Morgan fingerprint density at radius 2 is 1.95 bits per heavy atom. The van der Waals surface area contributed by atoms with Gasteiger partial charge in [0, 0.05) is 30.8 Å². The number of ether oxygens (including phenoxy) is 2. The number of nitrogens with zero attached hydrogens (tertiary/aromatic N) is 2. The highest BCUT2D eigenvalue weighted by Gasteiger charge is 2.60. The van der Waals surface area contributed by atoms with Crippen LogP contribution in [0.5, 0.6) is 11.5 Å². The summed E-state index contributed by atoms with van der Waals surface area (Å²) in [5.41, 5.74) is 3.14. The summed E-state index contributed by atoms with van der Waals surface area (Å²) in [7, 11) is 1.66. The minimum atomic E-state index is -0.280. The van der Waals surface area contributed by atoms with Crippen molar-refractivity contribution in [3.63, 3.8) is 0 Å². The lowest BCUT2D eigenvalue weighted by molar-refractivity contribution is -0.130. The van der Waals surface area contributed by atoms with Crippen molar-refractivity contribution >= 4 is 17.6 Å². The third-order valence-corrected chi connectivity index (χ3v) is 10.5. The van der Waals surface area contributed by atoms with Crippen LogP contribution in [0.4, 0.5) is 0 Å². The van der Waals surface area contributed by atoms with Crippen LogP contribution in [0.25, 0.3) is 6.08 Å². The largest absolute Gasteiger partial charge is 0.493 e. The Morgan fingerprint density at radius 3 is 2.74 bits per heavy atom. The molecular weight excluding hydrogens is 488 g/mol. The molecule has 0 spiro atoms. The Balaban J connectivity index is 1.18. The molecule has 0 aliphatic heterocycles. The van der Waals surface area contributed by atoms with Crippen LogP contribution in [-0.4, -0.2) is 34.8 Å². The summed E-state index contributed by atoms with van der Waals surface area (Å²) in [5, 5.41) is 0. The van der Waals surface area contributed by atoms with Crippen LogP contribution in [0.2, 0.25) is 0 Å². The summed E-state index contributed by atoms with van der Waals surface area (Å²) in [6.45, 7) is 6.05. The molecule has 39 heavy (non-hydrogen) atoms. The number of aromatic nitrogens is 2. The van der Waals surface area contributed by atoms with Crippen LogP contribution < -0.4 is 9.47 Å². The minimum absolute atomic E-state index is 0.121. The molecule has 1 aromatic heterocycles. The zero-order valence-electron chi connectivity index (χ0n) is 23.4. The molecule has 5 atom stereocenters. The van der Waals surface area contributed by atoms with Gasteiger partial charge in [0.15, 0.2) is 23.1 Å². The van der Waals surface area contributed by atoms with E-state index < -0.39 is 0 Å². The first-order chi connectivity index (χ1) is 18.8. The molecule has 4 aliphatic rings. The molecule has 6 rings (SSSR count). The molecule has 0 N–H and O–H groups in total. The predicted octanol–water partition coefficient (Wildman–Crippen LogP) is 6.46. The van der Waals surface area contributed by atoms with Crippen LogP contribution >= 0.6 is 0 Å². The fourth-order valence-corrected chi connectivity index (χ4v) is 8.30. The van der Waals surface area contributed by atoms with Gasteiger partial charge in [-0.05, 0) is 104 Å². The Morgan fingerprint density at radius 1 is 1.08 bits per heavy atom. The smallest absolute Gasteiger partial charge is 0.165 e. The maximum atomic E-state index is 13.9. The van der Waals surface area contributed by atoms with Gasteiger partial charge in [-0.1, -0.05) is 25.5 Å². The van der Waals surface area contributed by atoms with E-state index in [-0.39, 0.29) is 10.8 Å². The number of ketones is 2. The first-order valence-electron chi connectivity index (χ1n) is 14.6. The van der Waals surface area contributed by atoms with Gasteiger partial charge in [-0.15, -0.1) is 0 Å². The van der Waals surface area contributed by atoms with Gasteiger partial charge in [0.1, 0.15) is 0 Å². The molecule has 0 bridgehead atoms. The van der Waals surface area contributed by atoms with Crippen molar-refractivity contribution in [2.45, 2.75) is 71.8 Å². The van der Waals surface area contributed by atoms with Crippen molar-refractivity contribution in [2.75, 3.05) is 13.7 Å². The van der Waals surface area contributed by atoms with Gasteiger partial charge in [0.2, 0.25) is 0 Å². The van der Waals surface area contributed by atoms with Crippen LogP contribution in [-0.2, 0) is 16.1 Å². The summed E-state index contributed by atoms with van der Waals surface area (Å²) < 4.78 is 13.7. The highest BCUT2D eigenvalue weighted by Crippen LogP contribution is 2.65. The number of allylic oxidation sites excluding steroid dienone is 2. The van der Waals surface area contributed by atoms with Crippen molar-refractivity contribution in [1.29, 1.82) is 0 Å². The number of fused-ring (bicyclic) bond motifs is 5. The lowest BCUT2D eigenvalue weighted by Gasteiger charge is -2.56. The molecule has 206 valence electrons. The number of carbonyl (C=O) groups excluding carboxylic acids is 2. The summed E-state index contributed by atoms with van der Waals surface area (Å²) in [6, 6.07) is 5.96. The number of hydrogen-bond acceptors (Lipinski definition) is 5. The minimum Gasteiger partial charge on any atom is -0.493 e. The summed E-state index contributed by atoms with van der Waals surface area (Å²) >= 11 is 0. The number of rotatable bonds is 7. The number of hydrogen-bond donors (Lipinski definition) is 0. The quantitative estimate of drug-likeness (QED) is 0.305. The second-order valence-electron chi connectivity index (χ2n) is 12.5. The van der Waals surface area contributed by atoms with E-state index in [1.807, 2.05) is 41.4 Å². The second-order valence-corrected chi connectivity index (χ2v) is 12.5. The molecule has 4 unspecified atom stereocenters. The third-order valence-electron chi connectivity index (χ3n) is 10.5. The summed E-state index contributed by atoms with van der Waals surface area (Å²) in [6.07, 6.45) is 17.1. The van der Waals surface area contributed by atoms with Crippen molar-refractivity contribution in [1.82, 2.24) is 9.55 Å². The zero-order valence-corrected chi connectivity index (χ0v) is 23.4. The topological polar surface area (TPSA) is 70.4 Å². The average molecular weight is 529 g/mol. The predicted molar refractivity (Wildman–Crippen MR) is 150 cm³/mol. The molecule has 0 amide bonds. The van der Waals surface area contributed by atoms with E-state index in [4.69, 9.17) is 9.47 Å². The van der Waals surface area contributed by atoms with Crippen LogP contribution in [0.3, 0.4) is 0 Å². The maximum absolute atomic E-state index is 13.9. The Labute approximate surface area is 231 Å². The highest BCUT2D eigenvalue weighted by molar-refractivity contribution is 6.06. The summed E-state index contributed by atoms with van der Waals surface area (Å²) in [4.78, 5) is 30.1. The molecule has 6 nitrogen and oxygen atoms in total. The van der Waals surface area contributed by atoms with Crippen LogP contribution in [0, 0.1) is 28.6 Å². The van der Waals surface area contributed by atoms with Crippen LogP contribution in [0.15, 0.2) is 54.1 Å². The number of methoxy groups -OCH3 is 1. The third kappa shape index (κ3) is 4.56. The maximum Gasteiger partial charge on any atom is 0.165 e. The Bertz CT molecular complexity index is 1330. The number of aryl methyl sites for hydroxylation is 1. The normalized spacial score (nSPS) is 32.8.